The number of aliphatic hydroxyl groups is 1. The molecule has 0 aliphatic carbocycles. The predicted octanol–water partition coefficient (Wildman–Crippen LogP) is 1.87. The van der Waals surface area contributed by atoms with Crippen LogP contribution < -0.4 is 9.47 Å². The first kappa shape index (κ1) is 10.9. The fourth-order valence-electron chi connectivity index (χ4n) is 2.89. The molecule has 0 spiro atoms. The van der Waals surface area contributed by atoms with E-state index in [-0.39, 0.29) is 18.8 Å². The predicted molar refractivity (Wildman–Crippen MR) is 64.8 cm³/mol. The molecule has 2 heterocycles. The maximum atomic E-state index is 9.22. The van der Waals surface area contributed by atoms with Crippen LogP contribution in [-0.4, -0.2) is 23.9 Å². The molecule has 1 aromatic rings. The van der Waals surface area contributed by atoms with Crippen molar-refractivity contribution < 1.29 is 14.6 Å². The van der Waals surface area contributed by atoms with Gasteiger partial charge in [-0.2, -0.15) is 0 Å². The van der Waals surface area contributed by atoms with Gasteiger partial charge in [-0.15, -0.1) is 0 Å². The van der Waals surface area contributed by atoms with Crippen LogP contribution in [0.4, 0.5) is 0 Å². The molecule has 0 saturated carbocycles. The summed E-state index contributed by atoms with van der Waals surface area (Å²) >= 11 is 0. The van der Waals surface area contributed by atoms with Crippen LogP contribution in [0, 0.1) is 0 Å². The van der Waals surface area contributed by atoms with Crippen LogP contribution >= 0.6 is 0 Å². The zero-order valence-electron chi connectivity index (χ0n) is 10.3. The van der Waals surface area contributed by atoms with Crippen molar-refractivity contribution in [2.75, 3.05) is 6.61 Å². The second-order valence-corrected chi connectivity index (χ2v) is 5.06. The van der Waals surface area contributed by atoms with Gasteiger partial charge < -0.3 is 14.6 Å². The van der Waals surface area contributed by atoms with Crippen molar-refractivity contribution >= 4 is 0 Å². The molecule has 2 atom stereocenters. The minimum Gasteiger partial charge on any atom is -0.490 e. The Morgan fingerprint density at radius 1 is 1.24 bits per heavy atom. The van der Waals surface area contributed by atoms with Crippen LogP contribution in [0.15, 0.2) is 6.07 Å². The zero-order chi connectivity index (χ0) is 12.0. The lowest BCUT2D eigenvalue weighted by atomic mass is 9.96. The van der Waals surface area contributed by atoms with E-state index in [1.807, 2.05) is 0 Å². The lowest BCUT2D eigenvalue weighted by Gasteiger charge is -2.12. The van der Waals surface area contributed by atoms with Gasteiger partial charge in [0.25, 0.3) is 0 Å². The molecule has 0 amide bonds. The highest BCUT2D eigenvalue weighted by Crippen LogP contribution is 2.43. The molecule has 3 rings (SSSR count). The number of fused-ring (bicyclic) bond motifs is 2. The maximum absolute atomic E-state index is 9.22. The van der Waals surface area contributed by atoms with Crippen LogP contribution in [0.2, 0.25) is 0 Å². The highest BCUT2D eigenvalue weighted by molar-refractivity contribution is 5.57. The Morgan fingerprint density at radius 3 is 2.76 bits per heavy atom. The number of hydrogen-bond donors (Lipinski definition) is 1. The van der Waals surface area contributed by atoms with E-state index < -0.39 is 0 Å². The Bertz CT molecular complexity index is 417. The van der Waals surface area contributed by atoms with E-state index in [1.165, 1.54) is 11.1 Å². The summed E-state index contributed by atoms with van der Waals surface area (Å²) in [5.74, 6) is 2.00. The van der Waals surface area contributed by atoms with Gasteiger partial charge >= 0.3 is 0 Å². The summed E-state index contributed by atoms with van der Waals surface area (Å²) in [5.41, 5.74) is 3.63. The molecule has 3 nitrogen and oxygen atoms in total. The number of aliphatic hydroxyl groups excluding tert-OH is 1. The van der Waals surface area contributed by atoms with E-state index in [0.29, 0.717) is 6.42 Å². The summed E-state index contributed by atoms with van der Waals surface area (Å²) in [6.07, 6.45) is 3.01. The van der Waals surface area contributed by atoms with E-state index in [1.54, 1.807) is 0 Å². The van der Waals surface area contributed by atoms with Crippen molar-refractivity contribution in [2.24, 2.45) is 0 Å². The fourth-order valence-corrected chi connectivity index (χ4v) is 2.89. The average Bonchev–Trinajstić information content (AvgIpc) is 2.79. The molecule has 92 valence electrons. The topological polar surface area (TPSA) is 38.7 Å². The molecule has 3 heteroatoms. The summed E-state index contributed by atoms with van der Waals surface area (Å²) in [5, 5.41) is 9.22. The lowest BCUT2D eigenvalue weighted by Crippen LogP contribution is -2.08. The minimum atomic E-state index is 0.162. The van der Waals surface area contributed by atoms with E-state index in [0.717, 1.165) is 29.9 Å². The van der Waals surface area contributed by atoms with Gasteiger partial charge in [-0.1, -0.05) is 0 Å². The van der Waals surface area contributed by atoms with E-state index in [2.05, 4.69) is 19.9 Å². The Labute approximate surface area is 101 Å². The molecule has 2 unspecified atom stereocenters. The molecule has 2 aliphatic rings. The molecule has 0 aromatic heterocycles. The largest absolute Gasteiger partial charge is 0.490 e. The first-order valence-electron chi connectivity index (χ1n) is 6.31. The SMILES string of the molecule is CC1Cc2c(cc3c(c2CCO)OC(C)C3)O1. The molecular formula is C14H18O3. The van der Waals surface area contributed by atoms with Crippen LogP contribution in [0.1, 0.15) is 30.5 Å². The van der Waals surface area contributed by atoms with Gasteiger partial charge in [-0.25, -0.2) is 0 Å². The van der Waals surface area contributed by atoms with E-state index in [9.17, 15) is 5.11 Å². The summed E-state index contributed by atoms with van der Waals surface area (Å²) in [7, 11) is 0. The third-order valence-electron chi connectivity index (χ3n) is 3.54. The third kappa shape index (κ3) is 1.69. The number of hydrogen-bond acceptors (Lipinski definition) is 3. The van der Waals surface area contributed by atoms with Crippen molar-refractivity contribution in [3.63, 3.8) is 0 Å². The van der Waals surface area contributed by atoms with Crippen LogP contribution in [0.25, 0.3) is 0 Å². The molecule has 0 bridgehead atoms. The van der Waals surface area contributed by atoms with Crippen molar-refractivity contribution in [3.8, 4) is 11.5 Å². The summed E-state index contributed by atoms with van der Waals surface area (Å²) in [6, 6.07) is 2.12. The first-order chi connectivity index (χ1) is 8.19. The third-order valence-corrected chi connectivity index (χ3v) is 3.54. The van der Waals surface area contributed by atoms with Gasteiger partial charge in [-0.05, 0) is 26.3 Å². The Morgan fingerprint density at radius 2 is 2.00 bits per heavy atom. The van der Waals surface area contributed by atoms with E-state index in [4.69, 9.17) is 9.47 Å². The van der Waals surface area contributed by atoms with Gasteiger partial charge in [-0.3, -0.25) is 0 Å². The van der Waals surface area contributed by atoms with Gasteiger partial charge in [0.2, 0.25) is 0 Å². The summed E-state index contributed by atoms with van der Waals surface area (Å²) in [4.78, 5) is 0. The molecule has 2 aliphatic heterocycles. The van der Waals surface area contributed by atoms with Crippen molar-refractivity contribution in [1.29, 1.82) is 0 Å². The zero-order valence-corrected chi connectivity index (χ0v) is 10.3. The smallest absolute Gasteiger partial charge is 0.126 e. The monoisotopic (exact) mass is 234 g/mol. The molecule has 17 heavy (non-hydrogen) atoms. The highest BCUT2D eigenvalue weighted by Gasteiger charge is 2.30. The van der Waals surface area contributed by atoms with Gasteiger partial charge in [0.1, 0.15) is 23.7 Å². The van der Waals surface area contributed by atoms with Crippen molar-refractivity contribution in [2.45, 2.75) is 45.3 Å². The van der Waals surface area contributed by atoms with E-state index >= 15 is 0 Å². The fraction of sp³-hybridized carbons (Fsp3) is 0.571. The molecule has 1 aromatic carbocycles. The maximum Gasteiger partial charge on any atom is 0.126 e. The first-order valence-corrected chi connectivity index (χ1v) is 6.31. The highest BCUT2D eigenvalue weighted by atomic mass is 16.5. The molecule has 0 fully saturated rings. The van der Waals surface area contributed by atoms with Crippen molar-refractivity contribution in [3.05, 3.63) is 22.8 Å². The van der Waals surface area contributed by atoms with Crippen LogP contribution in [0.5, 0.6) is 11.5 Å². The molecule has 0 saturated heterocycles. The summed E-state index contributed by atoms with van der Waals surface area (Å²) in [6.45, 7) is 4.32. The second kappa shape index (κ2) is 3.91. The normalized spacial score (nSPS) is 25.1. The quantitative estimate of drug-likeness (QED) is 0.849. The number of rotatable bonds is 2. The Balaban J connectivity index is 2.11. The van der Waals surface area contributed by atoms with Gasteiger partial charge in [0, 0.05) is 36.1 Å². The standard InChI is InChI=1S/C14H18O3/c1-8-5-10-7-13-12(6-9(2)16-13)11(3-4-15)14(10)17-8/h7-9,15H,3-6H2,1-2H3. The second-order valence-electron chi connectivity index (χ2n) is 5.06. The Kier molecular flexibility index (Phi) is 2.51. The van der Waals surface area contributed by atoms with Gasteiger partial charge in [0.05, 0.1) is 0 Å². The lowest BCUT2D eigenvalue weighted by molar-refractivity contribution is 0.248. The van der Waals surface area contributed by atoms with Crippen molar-refractivity contribution in [1.82, 2.24) is 0 Å². The minimum absolute atomic E-state index is 0.162. The molecule has 0 radical (unpaired) electrons. The summed E-state index contributed by atoms with van der Waals surface area (Å²) < 4.78 is 11.7. The molecule has 1 N–H and O–H groups in total. The number of ether oxygens (including phenoxy) is 2. The van der Waals surface area contributed by atoms with Crippen LogP contribution in [0.3, 0.4) is 0 Å². The Hall–Kier alpha value is -1.22. The average molecular weight is 234 g/mol. The van der Waals surface area contributed by atoms with Crippen LogP contribution in [-0.2, 0) is 19.3 Å². The van der Waals surface area contributed by atoms with Gasteiger partial charge in [0.15, 0.2) is 0 Å². The number of benzene rings is 1. The molecular weight excluding hydrogens is 216 g/mol.